The van der Waals surface area contributed by atoms with E-state index in [1.165, 1.54) is 12.3 Å². The van der Waals surface area contributed by atoms with Crippen molar-refractivity contribution in [2.45, 2.75) is 38.5 Å². The molecule has 1 aliphatic carbocycles. The number of aryl methyl sites for hydroxylation is 1. The van der Waals surface area contributed by atoms with Crippen LogP contribution in [0.25, 0.3) is 0 Å². The summed E-state index contributed by atoms with van der Waals surface area (Å²) in [5.74, 6) is -3.65. The number of sulfonamides is 1. The summed E-state index contributed by atoms with van der Waals surface area (Å²) in [4.78, 5) is 13.6. The number of hydrogen-bond donors (Lipinski definition) is 2. The van der Waals surface area contributed by atoms with Crippen molar-refractivity contribution in [3.8, 4) is 0 Å². The zero-order valence-corrected chi connectivity index (χ0v) is 12.5. The Bertz CT molecular complexity index is 670. The van der Waals surface area contributed by atoms with Gasteiger partial charge in [-0.25, -0.2) is 17.2 Å². The first-order chi connectivity index (χ1) is 9.67. The van der Waals surface area contributed by atoms with E-state index in [4.69, 9.17) is 0 Å². The Kier molecular flexibility index (Phi) is 4.36. The average Bonchev–Trinajstić information content (AvgIpc) is 2.31. The Morgan fingerprint density at radius 1 is 1.48 bits per heavy atom. The number of pyridine rings is 1. The van der Waals surface area contributed by atoms with Gasteiger partial charge in [0, 0.05) is 24.6 Å². The molecular weight excluding hydrogens is 302 g/mol. The Balaban J connectivity index is 2.05. The maximum absolute atomic E-state index is 13.3. The summed E-state index contributed by atoms with van der Waals surface area (Å²) in [7, 11) is -3.72. The molecule has 0 amide bonds. The van der Waals surface area contributed by atoms with E-state index in [1.54, 1.807) is 6.92 Å². The van der Waals surface area contributed by atoms with Gasteiger partial charge in [0.15, 0.2) is 0 Å². The van der Waals surface area contributed by atoms with E-state index in [1.807, 2.05) is 0 Å². The van der Waals surface area contributed by atoms with Crippen LogP contribution in [-0.4, -0.2) is 25.1 Å². The molecule has 0 unspecified atom stereocenters. The monoisotopic (exact) mass is 320 g/mol. The Labute approximate surface area is 121 Å². The van der Waals surface area contributed by atoms with Crippen molar-refractivity contribution >= 4 is 15.7 Å². The summed E-state index contributed by atoms with van der Waals surface area (Å²) in [5, 5.41) is 0. The number of alkyl halides is 2. The van der Waals surface area contributed by atoms with E-state index >= 15 is 0 Å². The molecule has 5 nitrogen and oxygen atoms in total. The van der Waals surface area contributed by atoms with Crippen molar-refractivity contribution < 1.29 is 17.2 Å². The molecule has 0 aromatic carbocycles. The van der Waals surface area contributed by atoms with Crippen molar-refractivity contribution in [3.05, 3.63) is 28.2 Å². The molecule has 2 N–H and O–H groups in total. The quantitative estimate of drug-likeness (QED) is 0.893. The summed E-state index contributed by atoms with van der Waals surface area (Å²) < 4.78 is 53.0. The fourth-order valence-electron chi connectivity index (χ4n) is 2.61. The minimum atomic E-state index is -3.72. The third-order valence-corrected chi connectivity index (χ3v) is 5.02. The van der Waals surface area contributed by atoms with E-state index in [2.05, 4.69) is 9.71 Å². The van der Waals surface area contributed by atoms with E-state index in [-0.39, 0.29) is 23.4 Å². The number of H-pyrrole nitrogens is 1. The smallest absolute Gasteiger partial charge is 0.250 e. The minimum absolute atomic E-state index is 0.171. The molecule has 1 atom stereocenters. The van der Waals surface area contributed by atoms with Gasteiger partial charge < -0.3 is 4.98 Å². The van der Waals surface area contributed by atoms with E-state index in [0.717, 1.165) is 0 Å². The molecule has 0 bridgehead atoms. The van der Waals surface area contributed by atoms with Gasteiger partial charge in [0.1, 0.15) is 0 Å². The van der Waals surface area contributed by atoms with Crippen LogP contribution in [0.15, 0.2) is 17.1 Å². The van der Waals surface area contributed by atoms with Crippen LogP contribution in [0, 0.1) is 12.8 Å². The SMILES string of the molecule is Cc1cc(NS(=O)(=O)C[C@H]2CCCC(F)(F)C2)c[nH]c1=O. The van der Waals surface area contributed by atoms with Crippen LogP contribution in [0.3, 0.4) is 0 Å². The second kappa shape index (κ2) is 5.75. The lowest BCUT2D eigenvalue weighted by atomic mass is 9.88. The molecule has 21 heavy (non-hydrogen) atoms. The Hall–Kier alpha value is -1.44. The molecule has 1 aromatic heterocycles. The van der Waals surface area contributed by atoms with Gasteiger partial charge in [0.25, 0.3) is 5.56 Å². The second-order valence-corrected chi connectivity index (χ2v) is 7.37. The van der Waals surface area contributed by atoms with Crippen molar-refractivity contribution in [3.63, 3.8) is 0 Å². The van der Waals surface area contributed by atoms with Crippen LogP contribution in [0.2, 0.25) is 0 Å². The van der Waals surface area contributed by atoms with Crippen molar-refractivity contribution in [2.24, 2.45) is 5.92 Å². The lowest BCUT2D eigenvalue weighted by Gasteiger charge is -2.28. The normalized spacial score (nSPS) is 22.0. The van der Waals surface area contributed by atoms with Gasteiger partial charge in [-0.05, 0) is 31.7 Å². The van der Waals surface area contributed by atoms with Gasteiger partial charge >= 0.3 is 0 Å². The maximum atomic E-state index is 13.3. The summed E-state index contributed by atoms with van der Waals surface area (Å²) in [6.45, 7) is 1.55. The highest BCUT2D eigenvalue weighted by atomic mass is 32.2. The molecule has 1 heterocycles. The van der Waals surface area contributed by atoms with Gasteiger partial charge in [-0.3, -0.25) is 9.52 Å². The van der Waals surface area contributed by atoms with Crippen LogP contribution < -0.4 is 10.3 Å². The van der Waals surface area contributed by atoms with E-state index in [9.17, 15) is 22.0 Å². The number of nitrogens with one attached hydrogen (secondary N) is 2. The first-order valence-electron chi connectivity index (χ1n) is 6.74. The number of aromatic nitrogens is 1. The molecule has 118 valence electrons. The van der Waals surface area contributed by atoms with Gasteiger partial charge in [0.05, 0.1) is 11.4 Å². The maximum Gasteiger partial charge on any atom is 0.250 e. The van der Waals surface area contributed by atoms with Crippen LogP contribution in [0.1, 0.15) is 31.2 Å². The lowest BCUT2D eigenvalue weighted by Crippen LogP contribution is -2.32. The highest BCUT2D eigenvalue weighted by Crippen LogP contribution is 2.37. The molecule has 1 aromatic rings. The van der Waals surface area contributed by atoms with Gasteiger partial charge in [-0.2, -0.15) is 0 Å². The van der Waals surface area contributed by atoms with Crippen molar-refractivity contribution in [2.75, 3.05) is 10.5 Å². The first kappa shape index (κ1) is 15.9. The number of hydrogen-bond acceptors (Lipinski definition) is 3. The fraction of sp³-hybridized carbons (Fsp3) is 0.615. The zero-order chi connectivity index (χ0) is 15.7. The largest absolute Gasteiger partial charge is 0.327 e. The topological polar surface area (TPSA) is 79.0 Å². The molecule has 0 radical (unpaired) electrons. The predicted molar refractivity (Wildman–Crippen MR) is 76.1 cm³/mol. The van der Waals surface area contributed by atoms with Crippen LogP contribution in [-0.2, 0) is 10.0 Å². The third-order valence-electron chi connectivity index (χ3n) is 3.56. The Morgan fingerprint density at radius 2 is 2.19 bits per heavy atom. The first-order valence-corrected chi connectivity index (χ1v) is 8.40. The standard InChI is InChI=1S/C13H18F2N2O3S/c1-9-5-11(7-16-12(9)18)17-21(19,20)8-10-3-2-4-13(14,15)6-10/h5,7,10,17H,2-4,6,8H2,1H3,(H,16,18)/t10-/m0/s1. The predicted octanol–water partition coefficient (Wildman–Crippen LogP) is 2.25. The van der Waals surface area contributed by atoms with Gasteiger partial charge in [0.2, 0.25) is 15.9 Å². The molecule has 2 rings (SSSR count). The summed E-state index contributed by atoms with van der Waals surface area (Å²) >= 11 is 0. The number of aromatic amines is 1. The molecular formula is C13H18F2N2O3S. The van der Waals surface area contributed by atoms with Crippen LogP contribution in [0.4, 0.5) is 14.5 Å². The van der Waals surface area contributed by atoms with Crippen LogP contribution in [0.5, 0.6) is 0 Å². The van der Waals surface area contributed by atoms with Gasteiger partial charge in [-0.1, -0.05) is 0 Å². The second-order valence-electron chi connectivity index (χ2n) is 5.60. The minimum Gasteiger partial charge on any atom is -0.327 e. The highest BCUT2D eigenvalue weighted by molar-refractivity contribution is 7.92. The third kappa shape index (κ3) is 4.52. The molecule has 0 spiro atoms. The molecule has 0 aliphatic heterocycles. The van der Waals surface area contributed by atoms with Gasteiger partial charge in [-0.15, -0.1) is 0 Å². The Morgan fingerprint density at radius 3 is 2.81 bits per heavy atom. The summed E-state index contributed by atoms with van der Waals surface area (Å²) in [5.41, 5.74) is 0.305. The zero-order valence-electron chi connectivity index (χ0n) is 11.7. The van der Waals surface area contributed by atoms with Crippen molar-refractivity contribution in [1.29, 1.82) is 0 Å². The highest BCUT2D eigenvalue weighted by Gasteiger charge is 2.37. The molecule has 0 saturated heterocycles. The lowest BCUT2D eigenvalue weighted by molar-refractivity contribution is -0.0488. The summed E-state index contributed by atoms with van der Waals surface area (Å²) in [6.07, 6.45) is 1.52. The van der Waals surface area contributed by atoms with E-state index < -0.39 is 28.3 Å². The molecule has 1 aliphatic rings. The van der Waals surface area contributed by atoms with Crippen molar-refractivity contribution in [1.82, 2.24) is 4.98 Å². The molecule has 8 heteroatoms. The van der Waals surface area contributed by atoms with Crippen LogP contribution >= 0.6 is 0 Å². The average molecular weight is 320 g/mol. The molecule has 1 fully saturated rings. The number of halogens is 2. The molecule has 1 saturated carbocycles. The summed E-state index contributed by atoms with van der Waals surface area (Å²) in [6, 6.07) is 1.41. The van der Waals surface area contributed by atoms with E-state index in [0.29, 0.717) is 18.4 Å². The number of rotatable bonds is 4. The number of anilines is 1. The fourth-order valence-corrected chi connectivity index (χ4v) is 4.07.